The van der Waals surface area contributed by atoms with Gasteiger partial charge in [-0.15, -0.1) is 0 Å². The van der Waals surface area contributed by atoms with Crippen LogP contribution in [0, 0.1) is 0 Å². The van der Waals surface area contributed by atoms with Crippen LogP contribution < -0.4 is 16.4 Å². The van der Waals surface area contributed by atoms with Gasteiger partial charge in [-0.3, -0.25) is 4.98 Å². The van der Waals surface area contributed by atoms with E-state index in [9.17, 15) is 0 Å². The maximum atomic E-state index is 5.85. The van der Waals surface area contributed by atoms with Gasteiger partial charge in [0.25, 0.3) is 0 Å². The standard InChI is InChI=1S/C20H21N5/c1-13(14(2)25-18-6-7-23-12-18)19-9-15(4-5-20(19)22-3)16-8-17(21)11-24-10-16/h4-12,22-23,25H,1-2,21H2,3H3. The van der Waals surface area contributed by atoms with Crippen LogP contribution >= 0.6 is 0 Å². The highest BCUT2D eigenvalue weighted by molar-refractivity contribution is 5.88. The summed E-state index contributed by atoms with van der Waals surface area (Å²) < 4.78 is 0. The Kier molecular flexibility index (Phi) is 4.57. The number of H-pyrrole nitrogens is 1. The molecule has 0 amide bonds. The number of anilines is 3. The van der Waals surface area contributed by atoms with Crippen LogP contribution in [0.25, 0.3) is 16.7 Å². The maximum Gasteiger partial charge on any atom is 0.0561 e. The van der Waals surface area contributed by atoms with Gasteiger partial charge in [0.2, 0.25) is 0 Å². The average molecular weight is 331 g/mol. The van der Waals surface area contributed by atoms with Crippen molar-refractivity contribution in [1.29, 1.82) is 0 Å². The number of nitrogens with one attached hydrogen (secondary N) is 3. The van der Waals surface area contributed by atoms with Crippen molar-refractivity contribution in [2.45, 2.75) is 0 Å². The van der Waals surface area contributed by atoms with Crippen molar-refractivity contribution in [3.8, 4) is 11.1 Å². The third kappa shape index (κ3) is 3.55. The van der Waals surface area contributed by atoms with Crippen LogP contribution in [0.15, 0.2) is 74.0 Å². The number of benzene rings is 1. The molecule has 0 saturated heterocycles. The van der Waals surface area contributed by atoms with Gasteiger partial charge in [-0.05, 0) is 35.4 Å². The fraction of sp³-hybridized carbons (Fsp3) is 0.0500. The summed E-state index contributed by atoms with van der Waals surface area (Å²) in [5.41, 5.74) is 12.9. The van der Waals surface area contributed by atoms with Crippen molar-refractivity contribution in [1.82, 2.24) is 9.97 Å². The lowest BCUT2D eigenvalue weighted by Gasteiger charge is -2.16. The maximum absolute atomic E-state index is 5.85. The van der Waals surface area contributed by atoms with Crippen LogP contribution in [0.3, 0.4) is 0 Å². The van der Waals surface area contributed by atoms with Gasteiger partial charge in [-0.1, -0.05) is 19.2 Å². The molecule has 0 fully saturated rings. The van der Waals surface area contributed by atoms with E-state index in [0.29, 0.717) is 5.69 Å². The summed E-state index contributed by atoms with van der Waals surface area (Å²) in [5.74, 6) is 0. The minimum atomic E-state index is 0.633. The van der Waals surface area contributed by atoms with Gasteiger partial charge >= 0.3 is 0 Å². The molecule has 25 heavy (non-hydrogen) atoms. The highest BCUT2D eigenvalue weighted by Gasteiger charge is 2.11. The van der Waals surface area contributed by atoms with Gasteiger partial charge in [0.15, 0.2) is 0 Å². The van der Waals surface area contributed by atoms with E-state index in [2.05, 4.69) is 39.8 Å². The molecule has 0 aliphatic rings. The van der Waals surface area contributed by atoms with Gasteiger partial charge in [-0.2, -0.15) is 0 Å². The first-order valence-electron chi connectivity index (χ1n) is 7.89. The van der Waals surface area contributed by atoms with Gasteiger partial charge in [-0.25, -0.2) is 0 Å². The quantitative estimate of drug-likeness (QED) is 0.507. The fourth-order valence-electron chi connectivity index (χ4n) is 2.62. The lowest BCUT2D eigenvalue weighted by molar-refractivity contribution is 1.33. The van der Waals surface area contributed by atoms with Crippen molar-refractivity contribution < 1.29 is 0 Å². The molecular weight excluding hydrogens is 310 g/mol. The molecule has 3 aromatic rings. The van der Waals surface area contributed by atoms with Gasteiger partial charge in [0.1, 0.15) is 0 Å². The SMILES string of the molecule is C=C(Nc1cc[nH]c1)C(=C)c1cc(-c2cncc(N)c2)ccc1NC. The number of hydrogen-bond acceptors (Lipinski definition) is 4. The Morgan fingerprint density at radius 1 is 1.12 bits per heavy atom. The molecule has 0 saturated carbocycles. The topological polar surface area (TPSA) is 78.8 Å². The lowest BCUT2D eigenvalue weighted by Crippen LogP contribution is -2.02. The molecule has 5 nitrogen and oxygen atoms in total. The van der Waals surface area contributed by atoms with E-state index in [1.165, 1.54) is 0 Å². The van der Waals surface area contributed by atoms with Crippen LogP contribution in [-0.2, 0) is 0 Å². The summed E-state index contributed by atoms with van der Waals surface area (Å²) in [5, 5.41) is 6.46. The number of hydrogen-bond donors (Lipinski definition) is 4. The second-order valence-corrected chi connectivity index (χ2v) is 5.70. The molecule has 126 valence electrons. The number of rotatable bonds is 6. The Morgan fingerprint density at radius 2 is 1.96 bits per heavy atom. The average Bonchev–Trinajstić information content (AvgIpc) is 3.13. The predicted octanol–water partition coefficient (Wildman–Crippen LogP) is 4.34. The lowest BCUT2D eigenvalue weighted by atomic mass is 9.97. The Morgan fingerprint density at radius 3 is 2.64 bits per heavy atom. The van der Waals surface area contributed by atoms with E-state index < -0.39 is 0 Å². The molecule has 0 aliphatic carbocycles. The van der Waals surface area contributed by atoms with E-state index >= 15 is 0 Å². The molecule has 0 unspecified atom stereocenters. The summed E-state index contributed by atoms with van der Waals surface area (Å²) in [4.78, 5) is 7.17. The van der Waals surface area contributed by atoms with Crippen molar-refractivity contribution in [3.05, 3.63) is 79.5 Å². The van der Waals surface area contributed by atoms with E-state index in [0.717, 1.165) is 39.3 Å². The summed E-state index contributed by atoms with van der Waals surface area (Å²) in [6.45, 7) is 8.33. The van der Waals surface area contributed by atoms with Crippen LogP contribution in [0.4, 0.5) is 17.1 Å². The monoisotopic (exact) mass is 331 g/mol. The van der Waals surface area contributed by atoms with Crippen molar-refractivity contribution in [3.63, 3.8) is 0 Å². The van der Waals surface area contributed by atoms with Gasteiger partial charge in [0.05, 0.1) is 11.4 Å². The Labute approximate surface area is 147 Å². The second-order valence-electron chi connectivity index (χ2n) is 5.70. The molecule has 0 bridgehead atoms. The summed E-state index contributed by atoms with van der Waals surface area (Å²) in [6, 6.07) is 9.95. The van der Waals surface area contributed by atoms with Crippen LogP contribution in [0.5, 0.6) is 0 Å². The minimum Gasteiger partial charge on any atom is -0.397 e. The Hall–Kier alpha value is -3.47. The molecule has 5 N–H and O–H groups in total. The number of aromatic nitrogens is 2. The largest absolute Gasteiger partial charge is 0.397 e. The summed E-state index contributed by atoms with van der Waals surface area (Å²) in [6.07, 6.45) is 7.15. The van der Waals surface area contributed by atoms with E-state index in [4.69, 9.17) is 5.73 Å². The highest BCUT2D eigenvalue weighted by atomic mass is 14.9. The minimum absolute atomic E-state index is 0.633. The number of allylic oxidation sites excluding steroid dienone is 1. The molecule has 0 radical (unpaired) electrons. The molecular formula is C20H21N5. The van der Waals surface area contributed by atoms with E-state index in [1.54, 1.807) is 12.4 Å². The van der Waals surface area contributed by atoms with Gasteiger partial charge in [0, 0.05) is 54.3 Å². The third-order valence-corrected chi connectivity index (χ3v) is 3.96. The molecule has 5 heteroatoms. The smallest absolute Gasteiger partial charge is 0.0561 e. The molecule has 2 heterocycles. The first-order valence-corrected chi connectivity index (χ1v) is 7.89. The fourth-order valence-corrected chi connectivity index (χ4v) is 2.62. The number of pyridine rings is 1. The Balaban J connectivity index is 1.94. The molecule has 0 spiro atoms. The summed E-state index contributed by atoms with van der Waals surface area (Å²) >= 11 is 0. The van der Waals surface area contributed by atoms with Gasteiger partial charge < -0.3 is 21.4 Å². The number of nitrogens with two attached hydrogens (primary N) is 1. The molecule has 3 rings (SSSR count). The van der Waals surface area contributed by atoms with Crippen LogP contribution in [0.2, 0.25) is 0 Å². The van der Waals surface area contributed by atoms with Crippen LogP contribution in [-0.4, -0.2) is 17.0 Å². The first-order chi connectivity index (χ1) is 12.1. The number of nitrogen functional groups attached to an aromatic ring is 1. The van der Waals surface area contributed by atoms with Crippen molar-refractivity contribution in [2.24, 2.45) is 0 Å². The zero-order chi connectivity index (χ0) is 17.8. The zero-order valence-electron chi connectivity index (χ0n) is 14.1. The molecule has 2 aromatic heterocycles. The number of nitrogens with zero attached hydrogens (tertiary/aromatic N) is 1. The third-order valence-electron chi connectivity index (χ3n) is 3.96. The second kappa shape index (κ2) is 6.97. The molecule has 0 atom stereocenters. The summed E-state index contributed by atoms with van der Waals surface area (Å²) in [7, 11) is 1.89. The van der Waals surface area contributed by atoms with Crippen LogP contribution in [0.1, 0.15) is 5.56 Å². The normalized spacial score (nSPS) is 10.3. The van der Waals surface area contributed by atoms with E-state index in [-0.39, 0.29) is 0 Å². The van der Waals surface area contributed by atoms with Crippen molar-refractivity contribution >= 4 is 22.6 Å². The number of aromatic amines is 1. The molecule has 0 aliphatic heterocycles. The Bertz CT molecular complexity index is 910. The van der Waals surface area contributed by atoms with E-state index in [1.807, 2.05) is 43.7 Å². The van der Waals surface area contributed by atoms with Crippen molar-refractivity contribution in [2.75, 3.05) is 23.4 Å². The predicted molar refractivity (Wildman–Crippen MR) is 106 cm³/mol. The first kappa shape index (κ1) is 16.4. The highest BCUT2D eigenvalue weighted by Crippen LogP contribution is 2.32. The zero-order valence-corrected chi connectivity index (χ0v) is 14.1. The molecule has 1 aromatic carbocycles.